The number of hydrogen-bond donors (Lipinski definition) is 1. The molecular weight excluding hydrogens is 264 g/mol. The van der Waals surface area contributed by atoms with E-state index < -0.39 is 5.60 Å². The second-order valence-electron chi connectivity index (χ2n) is 7.56. The molecular formula is C18H22O3. The van der Waals surface area contributed by atoms with Crippen molar-refractivity contribution in [3.8, 4) is 0 Å². The number of allylic oxidation sites excluding steroid dienone is 2. The lowest BCUT2D eigenvalue weighted by Gasteiger charge is -2.54. The molecule has 0 saturated heterocycles. The number of rotatable bonds is 0. The first-order valence-corrected chi connectivity index (χ1v) is 8.15. The molecule has 0 aromatic rings. The fraction of sp³-hybridized carbons (Fsp3) is 0.667. The fourth-order valence-electron chi connectivity index (χ4n) is 5.62. The first-order valence-electron chi connectivity index (χ1n) is 8.15. The zero-order chi connectivity index (χ0) is 14.8. The van der Waals surface area contributed by atoms with Crippen LogP contribution in [-0.4, -0.2) is 22.3 Å². The predicted molar refractivity (Wildman–Crippen MR) is 78.5 cm³/mol. The lowest BCUT2D eigenvalue weighted by Crippen LogP contribution is -2.54. The van der Waals surface area contributed by atoms with E-state index in [1.165, 1.54) is 6.08 Å². The van der Waals surface area contributed by atoms with Crippen molar-refractivity contribution in [3.05, 3.63) is 23.8 Å². The quantitative estimate of drug-likeness (QED) is 0.744. The van der Waals surface area contributed by atoms with Crippen LogP contribution in [0.1, 0.15) is 45.4 Å². The Morgan fingerprint density at radius 2 is 1.95 bits per heavy atom. The third kappa shape index (κ3) is 1.64. The van der Waals surface area contributed by atoms with Crippen molar-refractivity contribution in [2.45, 2.75) is 51.0 Å². The number of hydrogen-bond acceptors (Lipinski definition) is 3. The van der Waals surface area contributed by atoms with Crippen molar-refractivity contribution < 1.29 is 14.7 Å². The fourth-order valence-corrected chi connectivity index (χ4v) is 5.62. The van der Waals surface area contributed by atoms with Gasteiger partial charge in [-0.25, -0.2) is 0 Å². The van der Waals surface area contributed by atoms with Gasteiger partial charge in [0.1, 0.15) is 11.4 Å². The van der Waals surface area contributed by atoms with Crippen LogP contribution in [0.15, 0.2) is 23.8 Å². The van der Waals surface area contributed by atoms with Crippen molar-refractivity contribution in [2.75, 3.05) is 0 Å². The van der Waals surface area contributed by atoms with Crippen molar-refractivity contribution in [1.29, 1.82) is 0 Å². The number of Topliss-reactive ketones (excluding diaryl/α,β-unsaturated/α-hetero) is 1. The van der Waals surface area contributed by atoms with Crippen LogP contribution in [0.3, 0.4) is 0 Å². The second kappa shape index (κ2) is 4.16. The maximum absolute atomic E-state index is 12.3. The smallest absolute Gasteiger partial charge is 0.178 e. The summed E-state index contributed by atoms with van der Waals surface area (Å²) in [5, 5.41) is 11.2. The summed E-state index contributed by atoms with van der Waals surface area (Å²) in [6.07, 6.45) is 10.1. The first kappa shape index (κ1) is 13.4. The van der Waals surface area contributed by atoms with Gasteiger partial charge in [-0.3, -0.25) is 9.59 Å². The van der Waals surface area contributed by atoms with Crippen LogP contribution < -0.4 is 0 Å². The zero-order valence-electron chi connectivity index (χ0n) is 12.5. The molecule has 5 atom stereocenters. The molecule has 0 aromatic heterocycles. The Morgan fingerprint density at radius 3 is 2.76 bits per heavy atom. The van der Waals surface area contributed by atoms with E-state index >= 15 is 0 Å². The molecule has 0 heterocycles. The molecule has 4 rings (SSSR count). The van der Waals surface area contributed by atoms with E-state index in [2.05, 4.69) is 6.92 Å². The molecule has 3 heteroatoms. The van der Waals surface area contributed by atoms with Crippen LogP contribution in [0.5, 0.6) is 0 Å². The minimum absolute atomic E-state index is 0.00943. The maximum Gasteiger partial charge on any atom is 0.178 e. The molecule has 3 fully saturated rings. The summed E-state index contributed by atoms with van der Waals surface area (Å²) in [6, 6.07) is 0. The molecule has 0 amide bonds. The van der Waals surface area contributed by atoms with Gasteiger partial charge in [-0.2, -0.15) is 0 Å². The van der Waals surface area contributed by atoms with Gasteiger partial charge < -0.3 is 5.11 Å². The molecule has 4 aliphatic carbocycles. The Kier molecular flexibility index (Phi) is 2.66. The van der Waals surface area contributed by atoms with E-state index in [4.69, 9.17) is 0 Å². The third-order valence-corrected chi connectivity index (χ3v) is 6.79. The highest BCUT2D eigenvalue weighted by Crippen LogP contribution is 2.60. The summed E-state index contributed by atoms with van der Waals surface area (Å²) in [6.45, 7) is 2.14. The minimum atomic E-state index is -0.941. The Hall–Kier alpha value is -1.22. The average Bonchev–Trinajstić information content (AvgIpc) is 2.76. The summed E-state index contributed by atoms with van der Waals surface area (Å²) in [4.78, 5) is 23.9. The number of carbonyl (C=O) groups excluding carboxylic acids is 2. The molecule has 4 unspecified atom stereocenters. The molecule has 0 aromatic carbocycles. The monoisotopic (exact) mass is 286 g/mol. The van der Waals surface area contributed by atoms with Gasteiger partial charge in [-0.1, -0.05) is 6.92 Å². The van der Waals surface area contributed by atoms with Gasteiger partial charge in [0.15, 0.2) is 5.78 Å². The van der Waals surface area contributed by atoms with Gasteiger partial charge in [0.25, 0.3) is 0 Å². The van der Waals surface area contributed by atoms with E-state index in [1.807, 2.05) is 0 Å². The van der Waals surface area contributed by atoms with Gasteiger partial charge in [0.05, 0.1) is 0 Å². The topological polar surface area (TPSA) is 54.4 Å². The third-order valence-electron chi connectivity index (χ3n) is 6.79. The lowest BCUT2D eigenvalue weighted by atomic mass is 9.51. The minimum Gasteiger partial charge on any atom is -0.381 e. The van der Waals surface area contributed by atoms with Gasteiger partial charge in [-0.05, 0) is 73.7 Å². The van der Waals surface area contributed by atoms with Gasteiger partial charge in [0.2, 0.25) is 0 Å². The largest absolute Gasteiger partial charge is 0.381 e. The SMILES string of the molecule is C[C@]12CCC3C(CCC4=CC(=O)C=CC43O)C1CCC2=O. The van der Waals surface area contributed by atoms with Crippen molar-refractivity contribution in [1.82, 2.24) is 0 Å². The van der Waals surface area contributed by atoms with Gasteiger partial charge >= 0.3 is 0 Å². The van der Waals surface area contributed by atoms with E-state index in [0.29, 0.717) is 24.0 Å². The molecule has 0 radical (unpaired) electrons. The highest BCUT2D eigenvalue weighted by Gasteiger charge is 2.59. The molecule has 0 spiro atoms. The van der Waals surface area contributed by atoms with Crippen LogP contribution in [-0.2, 0) is 9.59 Å². The Morgan fingerprint density at radius 1 is 1.14 bits per heavy atom. The molecule has 0 aliphatic heterocycles. The van der Waals surface area contributed by atoms with E-state index in [-0.39, 0.29) is 17.1 Å². The van der Waals surface area contributed by atoms with Crippen LogP contribution >= 0.6 is 0 Å². The molecule has 3 saturated carbocycles. The van der Waals surface area contributed by atoms with Gasteiger partial charge in [0, 0.05) is 11.8 Å². The molecule has 21 heavy (non-hydrogen) atoms. The molecule has 1 N–H and O–H groups in total. The lowest BCUT2D eigenvalue weighted by molar-refractivity contribution is -0.134. The average molecular weight is 286 g/mol. The van der Waals surface area contributed by atoms with Crippen molar-refractivity contribution in [2.24, 2.45) is 23.2 Å². The summed E-state index contributed by atoms with van der Waals surface area (Å²) >= 11 is 0. The van der Waals surface area contributed by atoms with E-state index in [1.54, 1.807) is 12.2 Å². The number of fused-ring (bicyclic) bond motifs is 5. The maximum atomic E-state index is 12.3. The van der Waals surface area contributed by atoms with Gasteiger partial charge in [-0.15, -0.1) is 0 Å². The van der Waals surface area contributed by atoms with Crippen molar-refractivity contribution >= 4 is 11.6 Å². The van der Waals surface area contributed by atoms with Crippen LogP contribution in [0.4, 0.5) is 0 Å². The molecule has 112 valence electrons. The summed E-state index contributed by atoms with van der Waals surface area (Å²) in [7, 11) is 0. The standard InChI is InChI=1S/C18H22O3/c1-17-8-7-15-13(14(17)4-5-16(17)20)3-2-11-10-12(19)6-9-18(11,15)21/h6,9-10,13-15,21H,2-5,7-8H2,1H3/t13?,14?,15?,17-,18?/m0/s1. The molecule has 0 bridgehead atoms. The summed E-state index contributed by atoms with van der Waals surface area (Å²) < 4.78 is 0. The van der Waals surface area contributed by atoms with Crippen LogP contribution in [0.25, 0.3) is 0 Å². The van der Waals surface area contributed by atoms with Crippen LogP contribution in [0, 0.1) is 23.2 Å². The number of ketones is 2. The number of carbonyl (C=O) groups is 2. The van der Waals surface area contributed by atoms with Crippen molar-refractivity contribution in [3.63, 3.8) is 0 Å². The Bertz CT molecular complexity index is 587. The first-order chi connectivity index (χ1) is 9.95. The molecule has 3 nitrogen and oxygen atoms in total. The highest BCUT2D eigenvalue weighted by atomic mass is 16.3. The summed E-state index contributed by atoms with van der Waals surface area (Å²) in [5.41, 5.74) is -0.208. The molecule has 4 aliphatic rings. The second-order valence-corrected chi connectivity index (χ2v) is 7.56. The van der Waals surface area contributed by atoms with E-state index in [0.717, 1.165) is 37.7 Å². The van der Waals surface area contributed by atoms with Crippen LogP contribution in [0.2, 0.25) is 0 Å². The normalized spacial score (nSPS) is 48.5. The predicted octanol–water partition coefficient (Wildman–Crippen LogP) is 2.59. The highest BCUT2D eigenvalue weighted by molar-refractivity contribution is 6.01. The Balaban J connectivity index is 1.72. The zero-order valence-corrected chi connectivity index (χ0v) is 12.5. The number of aliphatic hydroxyl groups is 1. The Labute approximate surface area is 125 Å². The summed E-state index contributed by atoms with van der Waals surface area (Å²) in [5.74, 6) is 1.42. The van der Waals surface area contributed by atoms with E-state index in [9.17, 15) is 14.7 Å².